The first-order valence-corrected chi connectivity index (χ1v) is 9.13. The first kappa shape index (κ1) is 23.3. The van der Waals surface area contributed by atoms with Gasteiger partial charge in [0.05, 0.1) is 18.6 Å². The predicted molar refractivity (Wildman–Crippen MR) is 94.0 cm³/mol. The Morgan fingerprint density at radius 2 is 1.08 bits per heavy atom. The molecule has 144 valence electrons. The highest BCUT2D eigenvalue weighted by molar-refractivity contribution is 6.05. The molecule has 0 N–H and O–H groups in total. The number of carbonyl (C=O) groups is 4. The Morgan fingerprint density at radius 3 is 1.36 bits per heavy atom. The normalized spacial score (nSPS) is 11.0. The van der Waals surface area contributed by atoms with Crippen molar-refractivity contribution in [2.45, 2.75) is 79.1 Å². The molecule has 0 aromatic carbocycles. The minimum Gasteiger partial charge on any atom is -0.466 e. The Morgan fingerprint density at radius 1 is 0.720 bits per heavy atom. The van der Waals surface area contributed by atoms with Crippen molar-refractivity contribution in [3.8, 4) is 0 Å². The van der Waals surface area contributed by atoms with Gasteiger partial charge >= 0.3 is 11.9 Å². The van der Waals surface area contributed by atoms with Gasteiger partial charge in [-0.1, -0.05) is 26.7 Å². The Bertz CT molecular complexity index is 413. The first-order chi connectivity index (χ1) is 11.8. The number of unbranched alkanes of at least 4 members (excludes halogenated alkanes) is 2. The van der Waals surface area contributed by atoms with Crippen LogP contribution in [0.1, 0.15) is 79.1 Å². The third kappa shape index (κ3) is 8.79. The van der Waals surface area contributed by atoms with Gasteiger partial charge in [0.2, 0.25) is 0 Å². The van der Waals surface area contributed by atoms with E-state index in [1.165, 1.54) is 13.8 Å². The predicted octanol–water partition coefficient (Wildman–Crippen LogP) is 3.40. The van der Waals surface area contributed by atoms with Crippen LogP contribution in [0.25, 0.3) is 0 Å². The van der Waals surface area contributed by atoms with Gasteiger partial charge in [-0.05, 0) is 39.5 Å². The number of rotatable bonds is 14. The summed E-state index contributed by atoms with van der Waals surface area (Å²) in [5.74, 6) is -1.51. The summed E-state index contributed by atoms with van der Waals surface area (Å²) in [6.45, 7) is 7.31. The van der Waals surface area contributed by atoms with E-state index in [1.54, 1.807) is 0 Å². The minimum absolute atomic E-state index is 0.0201. The van der Waals surface area contributed by atoms with E-state index in [9.17, 15) is 19.2 Å². The van der Waals surface area contributed by atoms with Crippen LogP contribution < -0.4 is 0 Å². The van der Waals surface area contributed by atoms with E-state index in [0.717, 1.165) is 25.7 Å². The van der Waals surface area contributed by atoms with E-state index in [2.05, 4.69) is 0 Å². The lowest BCUT2D eigenvalue weighted by Crippen LogP contribution is -2.38. The van der Waals surface area contributed by atoms with Crippen LogP contribution in [0.5, 0.6) is 0 Å². The summed E-state index contributed by atoms with van der Waals surface area (Å²) in [6.07, 6.45) is 3.47. The molecule has 0 spiro atoms. The van der Waals surface area contributed by atoms with Crippen LogP contribution in [-0.4, -0.2) is 36.7 Å². The highest BCUT2D eigenvalue weighted by Crippen LogP contribution is 2.33. The molecule has 0 atom stereocenters. The molecule has 6 heteroatoms. The van der Waals surface area contributed by atoms with Crippen LogP contribution in [0, 0.1) is 5.41 Å². The molecule has 0 saturated heterocycles. The molecule has 0 radical (unpaired) electrons. The molecule has 0 fully saturated rings. The summed E-state index contributed by atoms with van der Waals surface area (Å²) in [6, 6.07) is 0. The highest BCUT2D eigenvalue weighted by atomic mass is 16.5. The van der Waals surface area contributed by atoms with E-state index >= 15 is 0 Å². The third-order valence-electron chi connectivity index (χ3n) is 4.38. The van der Waals surface area contributed by atoms with Crippen molar-refractivity contribution in [1.82, 2.24) is 0 Å². The number of esters is 2. The lowest BCUT2D eigenvalue weighted by molar-refractivity contribution is -0.147. The summed E-state index contributed by atoms with van der Waals surface area (Å²) in [7, 11) is 0. The van der Waals surface area contributed by atoms with Crippen molar-refractivity contribution in [1.29, 1.82) is 0 Å². The molecule has 0 heterocycles. The van der Waals surface area contributed by atoms with Crippen molar-refractivity contribution in [2.75, 3.05) is 13.2 Å². The molecule has 0 bridgehead atoms. The molecule has 0 aliphatic rings. The SMILES string of the molecule is CCCCOC(=O)CCC(CCC(=O)OCCCC)(C(C)=O)C(C)=O. The van der Waals surface area contributed by atoms with Gasteiger partial charge in [0.25, 0.3) is 0 Å². The summed E-state index contributed by atoms with van der Waals surface area (Å²) < 4.78 is 10.2. The van der Waals surface area contributed by atoms with Gasteiger partial charge in [-0.25, -0.2) is 0 Å². The fraction of sp³-hybridized carbons (Fsp3) is 0.789. The van der Waals surface area contributed by atoms with Gasteiger partial charge in [-0.2, -0.15) is 0 Å². The Labute approximate surface area is 150 Å². The molecule has 25 heavy (non-hydrogen) atoms. The van der Waals surface area contributed by atoms with Gasteiger partial charge in [0, 0.05) is 12.8 Å². The van der Waals surface area contributed by atoms with Crippen LogP contribution in [0.3, 0.4) is 0 Å². The van der Waals surface area contributed by atoms with Crippen molar-refractivity contribution < 1.29 is 28.7 Å². The lowest BCUT2D eigenvalue weighted by atomic mass is 9.73. The van der Waals surface area contributed by atoms with Crippen molar-refractivity contribution in [2.24, 2.45) is 5.41 Å². The number of hydrogen-bond donors (Lipinski definition) is 0. The quantitative estimate of drug-likeness (QED) is 0.269. The fourth-order valence-electron chi connectivity index (χ4n) is 2.51. The van der Waals surface area contributed by atoms with Crippen LogP contribution in [0.15, 0.2) is 0 Å². The molecule has 0 aromatic rings. The van der Waals surface area contributed by atoms with Gasteiger partial charge in [-0.3, -0.25) is 19.2 Å². The van der Waals surface area contributed by atoms with Gasteiger partial charge < -0.3 is 9.47 Å². The van der Waals surface area contributed by atoms with E-state index < -0.39 is 17.4 Å². The Hall–Kier alpha value is -1.72. The maximum atomic E-state index is 12.1. The largest absolute Gasteiger partial charge is 0.466 e. The Balaban J connectivity index is 4.73. The molecule has 0 aliphatic carbocycles. The first-order valence-electron chi connectivity index (χ1n) is 9.13. The zero-order chi connectivity index (χ0) is 19.3. The summed E-state index contributed by atoms with van der Waals surface area (Å²) in [4.78, 5) is 47.8. The second-order valence-corrected chi connectivity index (χ2v) is 6.34. The number of ketones is 2. The molecule has 0 amide bonds. The van der Waals surface area contributed by atoms with Crippen LogP contribution in [-0.2, 0) is 28.7 Å². The van der Waals surface area contributed by atoms with Crippen molar-refractivity contribution >= 4 is 23.5 Å². The van der Waals surface area contributed by atoms with Gasteiger partial charge in [0.15, 0.2) is 0 Å². The smallest absolute Gasteiger partial charge is 0.305 e. The zero-order valence-corrected chi connectivity index (χ0v) is 16.0. The lowest BCUT2D eigenvalue weighted by Gasteiger charge is -2.28. The fourth-order valence-corrected chi connectivity index (χ4v) is 2.51. The van der Waals surface area contributed by atoms with E-state index in [1.807, 2.05) is 13.8 Å². The second kappa shape index (κ2) is 12.6. The van der Waals surface area contributed by atoms with Crippen LogP contribution >= 0.6 is 0 Å². The highest BCUT2D eigenvalue weighted by Gasteiger charge is 2.41. The molecular weight excluding hydrogens is 324 g/mol. The molecular formula is C19H32O6. The average molecular weight is 356 g/mol. The summed E-state index contributed by atoms with van der Waals surface area (Å²) in [5.41, 5.74) is -1.33. The number of ether oxygens (including phenoxy) is 2. The maximum Gasteiger partial charge on any atom is 0.305 e. The van der Waals surface area contributed by atoms with Crippen molar-refractivity contribution in [3.05, 3.63) is 0 Å². The monoisotopic (exact) mass is 356 g/mol. The molecule has 6 nitrogen and oxygen atoms in total. The zero-order valence-electron chi connectivity index (χ0n) is 16.0. The van der Waals surface area contributed by atoms with Crippen LogP contribution in [0.4, 0.5) is 0 Å². The van der Waals surface area contributed by atoms with E-state index in [4.69, 9.17) is 9.47 Å². The third-order valence-corrected chi connectivity index (χ3v) is 4.38. The molecule has 0 rings (SSSR count). The van der Waals surface area contributed by atoms with E-state index in [-0.39, 0.29) is 37.2 Å². The summed E-state index contributed by atoms with van der Waals surface area (Å²) in [5, 5.41) is 0. The topological polar surface area (TPSA) is 86.7 Å². The van der Waals surface area contributed by atoms with Gasteiger partial charge in [-0.15, -0.1) is 0 Å². The standard InChI is InChI=1S/C19H32O6/c1-5-7-13-24-17(22)9-11-19(15(3)20,16(4)21)12-10-18(23)25-14-8-6-2/h5-14H2,1-4H3. The minimum atomic E-state index is -1.33. The molecule has 0 saturated carbocycles. The number of carbonyl (C=O) groups excluding carboxylic acids is 4. The molecule has 0 unspecified atom stereocenters. The number of Topliss-reactive ketones (excluding diaryl/α,β-unsaturated/α-hetero) is 2. The summed E-state index contributed by atoms with van der Waals surface area (Å²) >= 11 is 0. The molecule has 0 aliphatic heterocycles. The van der Waals surface area contributed by atoms with Crippen LogP contribution in [0.2, 0.25) is 0 Å². The van der Waals surface area contributed by atoms with Gasteiger partial charge in [0.1, 0.15) is 11.6 Å². The maximum absolute atomic E-state index is 12.1. The van der Waals surface area contributed by atoms with Crippen molar-refractivity contribution in [3.63, 3.8) is 0 Å². The average Bonchev–Trinajstić information content (AvgIpc) is 2.55. The number of hydrogen-bond acceptors (Lipinski definition) is 6. The van der Waals surface area contributed by atoms with E-state index in [0.29, 0.717) is 13.2 Å². The second-order valence-electron chi connectivity index (χ2n) is 6.34. The molecule has 0 aromatic heterocycles. The Kier molecular flexibility index (Phi) is 11.7.